The van der Waals surface area contributed by atoms with E-state index in [0.29, 0.717) is 11.5 Å². The first-order chi connectivity index (χ1) is 15.2. The minimum absolute atomic E-state index is 0. The summed E-state index contributed by atoms with van der Waals surface area (Å²) in [5, 5.41) is 21.4. The third-order valence-electron chi connectivity index (χ3n) is 4.81. The van der Waals surface area contributed by atoms with Crippen LogP contribution >= 0.6 is 15.9 Å². The maximum Gasteiger partial charge on any atom is 0.339 e. The molecule has 33 heavy (non-hydrogen) atoms. The van der Waals surface area contributed by atoms with Gasteiger partial charge in [0.15, 0.2) is 0 Å². The van der Waals surface area contributed by atoms with Crippen molar-refractivity contribution in [2.24, 2.45) is 0 Å². The molecular weight excluding hydrogens is 490 g/mol. The standard InChI is InChI=1S/C13H12O4.C11H8BrNO2.CH4/c1-16-11-5-3-4-8-6-10(13(14)15)12(17-2)7-9(8)11;12-8-2-1-6-5-10(13)9(11(14)15)4-7(6)3-8;/h3-7H,1-2H3,(H,14,15);1-5H,13H2,(H,14,15);1H4. The van der Waals surface area contributed by atoms with E-state index in [1.54, 1.807) is 31.4 Å². The molecule has 0 bridgehead atoms. The number of hydrogen-bond donors (Lipinski definition) is 3. The van der Waals surface area contributed by atoms with Crippen molar-refractivity contribution < 1.29 is 29.3 Å². The quantitative estimate of drug-likeness (QED) is 0.283. The third kappa shape index (κ3) is 5.53. The van der Waals surface area contributed by atoms with Gasteiger partial charge in [-0.1, -0.05) is 41.6 Å². The SMILES string of the molecule is C.COc1cc2c(OC)cccc2cc1C(=O)O.Nc1cc2ccc(Br)cc2cc1C(=O)O. The Bertz CT molecular complexity index is 1340. The molecule has 0 atom stereocenters. The van der Waals surface area contributed by atoms with Gasteiger partial charge < -0.3 is 25.4 Å². The average Bonchev–Trinajstić information content (AvgIpc) is 2.77. The molecule has 0 amide bonds. The molecule has 7 nitrogen and oxygen atoms in total. The number of methoxy groups -OCH3 is 2. The van der Waals surface area contributed by atoms with Crippen LogP contribution in [-0.2, 0) is 0 Å². The van der Waals surface area contributed by atoms with Crippen molar-refractivity contribution in [2.75, 3.05) is 20.0 Å². The van der Waals surface area contributed by atoms with Crippen LogP contribution in [0.3, 0.4) is 0 Å². The van der Waals surface area contributed by atoms with E-state index in [9.17, 15) is 9.59 Å². The van der Waals surface area contributed by atoms with Gasteiger partial charge in [-0.2, -0.15) is 0 Å². The fourth-order valence-corrected chi connectivity index (χ4v) is 3.64. The Kier molecular flexibility index (Phi) is 8.26. The summed E-state index contributed by atoms with van der Waals surface area (Å²) in [6, 6.07) is 17.6. The minimum atomic E-state index is -1.01. The van der Waals surface area contributed by atoms with Crippen LogP contribution in [-0.4, -0.2) is 36.4 Å². The van der Waals surface area contributed by atoms with Crippen LogP contribution in [0.15, 0.2) is 65.1 Å². The zero-order chi connectivity index (χ0) is 23.4. The maximum absolute atomic E-state index is 11.1. The van der Waals surface area contributed by atoms with E-state index in [2.05, 4.69) is 15.9 Å². The predicted molar refractivity (Wildman–Crippen MR) is 134 cm³/mol. The van der Waals surface area contributed by atoms with E-state index < -0.39 is 11.9 Å². The second-order valence-corrected chi connectivity index (χ2v) is 7.69. The van der Waals surface area contributed by atoms with Gasteiger partial charge in [-0.05, 0) is 58.6 Å². The molecule has 4 aromatic rings. The zero-order valence-electron chi connectivity index (χ0n) is 17.3. The molecule has 8 heteroatoms. The van der Waals surface area contributed by atoms with Crippen LogP contribution in [0.4, 0.5) is 5.69 Å². The summed E-state index contributed by atoms with van der Waals surface area (Å²) >= 11 is 3.33. The number of anilines is 1. The van der Waals surface area contributed by atoms with Crippen molar-refractivity contribution in [2.45, 2.75) is 7.43 Å². The number of carbonyl (C=O) groups is 2. The molecule has 0 heterocycles. The van der Waals surface area contributed by atoms with Gasteiger partial charge in [-0.15, -0.1) is 0 Å². The van der Waals surface area contributed by atoms with Crippen LogP contribution in [0.1, 0.15) is 28.1 Å². The molecule has 0 radical (unpaired) electrons. The summed E-state index contributed by atoms with van der Waals surface area (Å²) in [7, 11) is 3.02. The lowest BCUT2D eigenvalue weighted by Gasteiger charge is -2.09. The lowest BCUT2D eigenvalue weighted by atomic mass is 10.0. The van der Waals surface area contributed by atoms with Gasteiger partial charge in [0.05, 0.1) is 19.8 Å². The number of ether oxygens (including phenoxy) is 2. The van der Waals surface area contributed by atoms with E-state index in [-0.39, 0.29) is 24.2 Å². The molecule has 4 aromatic carbocycles. The third-order valence-corrected chi connectivity index (χ3v) is 5.31. The molecule has 172 valence electrons. The van der Waals surface area contributed by atoms with Gasteiger partial charge in [0.1, 0.15) is 17.1 Å². The zero-order valence-corrected chi connectivity index (χ0v) is 18.8. The van der Waals surface area contributed by atoms with Crippen molar-refractivity contribution in [3.8, 4) is 11.5 Å². The number of carboxylic acid groups (broad SMARTS) is 2. The molecule has 4 rings (SSSR count). The Hall–Kier alpha value is -3.78. The molecule has 0 aliphatic heterocycles. The molecule has 0 saturated carbocycles. The average molecular weight is 514 g/mol. The van der Waals surface area contributed by atoms with E-state index in [4.69, 9.17) is 25.4 Å². The predicted octanol–water partition coefficient (Wildman–Crippen LogP) is 6.07. The second-order valence-electron chi connectivity index (χ2n) is 6.78. The van der Waals surface area contributed by atoms with Crippen molar-refractivity contribution in [1.29, 1.82) is 0 Å². The highest BCUT2D eigenvalue weighted by molar-refractivity contribution is 9.10. The normalized spacial score (nSPS) is 10.0. The smallest absolute Gasteiger partial charge is 0.339 e. The highest BCUT2D eigenvalue weighted by atomic mass is 79.9. The van der Waals surface area contributed by atoms with E-state index in [1.165, 1.54) is 7.11 Å². The summed E-state index contributed by atoms with van der Waals surface area (Å²) in [6.07, 6.45) is 0. The Balaban J connectivity index is 0.000000228. The molecule has 0 fully saturated rings. The van der Waals surface area contributed by atoms with Crippen molar-refractivity contribution in [3.05, 3.63) is 76.3 Å². The monoisotopic (exact) mass is 513 g/mol. The molecule has 0 aromatic heterocycles. The van der Waals surface area contributed by atoms with Gasteiger partial charge in [-0.3, -0.25) is 0 Å². The first-order valence-electron chi connectivity index (χ1n) is 9.35. The Labute approximate surface area is 199 Å². The first-order valence-corrected chi connectivity index (χ1v) is 10.1. The molecule has 0 aliphatic carbocycles. The van der Waals surface area contributed by atoms with Gasteiger partial charge in [0.25, 0.3) is 0 Å². The molecule has 0 saturated heterocycles. The highest BCUT2D eigenvalue weighted by Crippen LogP contribution is 2.32. The Morgan fingerprint density at radius 3 is 2.03 bits per heavy atom. The molecule has 4 N–H and O–H groups in total. The maximum atomic E-state index is 11.1. The lowest BCUT2D eigenvalue weighted by molar-refractivity contribution is 0.0684. The Morgan fingerprint density at radius 2 is 1.42 bits per heavy atom. The van der Waals surface area contributed by atoms with Crippen molar-refractivity contribution >= 4 is 55.1 Å². The number of benzene rings is 4. The Morgan fingerprint density at radius 1 is 0.788 bits per heavy atom. The summed E-state index contributed by atoms with van der Waals surface area (Å²) in [5.41, 5.74) is 6.21. The summed E-state index contributed by atoms with van der Waals surface area (Å²) < 4.78 is 11.2. The number of hydrogen-bond acceptors (Lipinski definition) is 5. The topological polar surface area (TPSA) is 119 Å². The number of nitrogens with two attached hydrogens (primary N) is 1. The largest absolute Gasteiger partial charge is 0.496 e. The van der Waals surface area contributed by atoms with E-state index in [1.807, 2.05) is 36.4 Å². The summed E-state index contributed by atoms with van der Waals surface area (Å²) in [6.45, 7) is 0. The van der Waals surface area contributed by atoms with Crippen LogP contribution in [0.2, 0.25) is 0 Å². The van der Waals surface area contributed by atoms with Crippen LogP contribution in [0.25, 0.3) is 21.5 Å². The van der Waals surface area contributed by atoms with E-state index >= 15 is 0 Å². The van der Waals surface area contributed by atoms with Crippen LogP contribution in [0, 0.1) is 0 Å². The van der Waals surface area contributed by atoms with Gasteiger partial charge >= 0.3 is 11.9 Å². The number of fused-ring (bicyclic) bond motifs is 2. The molecule has 0 aliphatic rings. The van der Waals surface area contributed by atoms with Crippen LogP contribution < -0.4 is 15.2 Å². The molecule has 0 unspecified atom stereocenters. The minimum Gasteiger partial charge on any atom is -0.496 e. The molecular formula is C25H24BrNO6. The number of rotatable bonds is 4. The highest BCUT2D eigenvalue weighted by Gasteiger charge is 2.14. The lowest BCUT2D eigenvalue weighted by Crippen LogP contribution is -2.01. The summed E-state index contributed by atoms with van der Waals surface area (Å²) in [5.74, 6) is -0.992. The number of aromatic carboxylic acids is 2. The number of carboxylic acids is 2. The van der Waals surface area contributed by atoms with E-state index in [0.717, 1.165) is 26.0 Å². The molecule has 0 spiro atoms. The van der Waals surface area contributed by atoms with Gasteiger partial charge in [0, 0.05) is 15.5 Å². The second kappa shape index (κ2) is 10.7. The van der Waals surface area contributed by atoms with Gasteiger partial charge in [-0.25, -0.2) is 9.59 Å². The van der Waals surface area contributed by atoms with Gasteiger partial charge in [0.2, 0.25) is 0 Å². The van der Waals surface area contributed by atoms with Crippen LogP contribution in [0.5, 0.6) is 11.5 Å². The van der Waals surface area contributed by atoms with Crippen molar-refractivity contribution in [1.82, 2.24) is 0 Å². The summed E-state index contributed by atoms with van der Waals surface area (Å²) in [4.78, 5) is 21.9. The van der Waals surface area contributed by atoms with Crippen molar-refractivity contribution in [3.63, 3.8) is 0 Å². The fraction of sp³-hybridized carbons (Fsp3) is 0.120. The fourth-order valence-electron chi connectivity index (χ4n) is 3.26. The number of halogens is 1. The number of nitrogen functional groups attached to an aromatic ring is 1. The first kappa shape index (κ1) is 25.5.